The summed E-state index contributed by atoms with van der Waals surface area (Å²) in [6.45, 7) is 2.07. The quantitative estimate of drug-likeness (QED) is 0.252. The topological polar surface area (TPSA) is 77.8 Å². The lowest BCUT2D eigenvalue weighted by Gasteiger charge is -2.02. The van der Waals surface area contributed by atoms with Crippen molar-refractivity contribution in [2.75, 3.05) is 0 Å². The van der Waals surface area contributed by atoms with Gasteiger partial charge in [0.2, 0.25) is 0 Å². The second kappa shape index (κ2) is 16.2. The third kappa shape index (κ3) is 16.7. The lowest BCUT2D eigenvalue weighted by molar-refractivity contribution is -0.137. The summed E-state index contributed by atoms with van der Waals surface area (Å²) in [6, 6.07) is -0.148. The van der Waals surface area contributed by atoms with Crippen LogP contribution in [-0.2, 0) is 4.79 Å². The smallest absolute Gasteiger partial charge is 0.303 e. The molecule has 0 heterocycles. The molecule has 0 fully saturated rings. The Kier molecular flexibility index (Phi) is 10.7. The number of carboxylic acid groups (broad SMARTS) is 1. The molecule has 0 aliphatic heterocycles. The average molecular weight is 340 g/mol. The maximum Gasteiger partial charge on any atom is 0.303 e. The van der Waals surface area contributed by atoms with Crippen molar-refractivity contribution in [1.82, 2.24) is 0 Å². The Balaban J connectivity index is 4.55. The van der Waals surface area contributed by atoms with Gasteiger partial charge >= 0.3 is 5.97 Å². The number of aliphatic hydroxyl groups is 2. The molecule has 0 unspecified atom stereocenters. The summed E-state index contributed by atoms with van der Waals surface area (Å²) in [6.07, 6.45) is 7.28. The maximum atomic E-state index is 10.4. The number of aliphatic carboxylic acids is 1. The van der Waals surface area contributed by atoms with Gasteiger partial charge in [0.1, 0.15) is 0 Å². The number of aliphatic hydroxyl groups excluding tert-OH is 2. The molecule has 4 heteroatoms. The van der Waals surface area contributed by atoms with Crippen molar-refractivity contribution in [3.05, 3.63) is 48.5 Å². The zero-order chi connectivity index (χ0) is 21.5. The zero-order valence-electron chi connectivity index (χ0n) is 18.4. The molecule has 0 saturated carbocycles. The SMILES string of the molecule is [2H]/C(CCCCC)=C(\[2H])C[C@@H](O)/C=C/C=C\C([2H])=C(/[2H])[C@@H](O)CCCC(=O)O. The van der Waals surface area contributed by atoms with Crippen LogP contribution in [0.4, 0.5) is 0 Å². The molecule has 3 N–H and O–H groups in total. The first-order valence-electron chi connectivity index (χ1n) is 10.4. The van der Waals surface area contributed by atoms with Crippen LogP contribution < -0.4 is 0 Å². The number of hydrogen-bond donors (Lipinski definition) is 3. The summed E-state index contributed by atoms with van der Waals surface area (Å²) >= 11 is 0. The van der Waals surface area contributed by atoms with Gasteiger partial charge < -0.3 is 15.3 Å². The lowest BCUT2D eigenvalue weighted by atomic mass is 10.1. The molecular weight excluding hydrogens is 304 g/mol. The van der Waals surface area contributed by atoms with E-state index in [1.807, 2.05) is 0 Å². The Morgan fingerprint density at radius 3 is 2.58 bits per heavy atom. The van der Waals surface area contributed by atoms with E-state index in [-0.39, 0.29) is 49.9 Å². The van der Waals surface area contributed by atoms with E-state index in [0.717, 1.165) is 19.3 Å². The third-order valence-electron chi connectivity index (χ3n) is 3.08. The van der Waals surface area contributed by atoms with Crippen molar-refractivity contribution in [3.8, 4) is 0 Å². The van der Waals surface area contributed by atoms with Gasteiger partial charge in [-0.15, -0.1) is 0 Å². The second-order valence-corrected chi connectivity index (χ2v) is 5.42. The molecule has 0 aromatic carbocycles. The predicted molar refractivity (Wildman–Crippen MR) is 98.8 cm³/mol. The van der Waals surface area contributed by atoms with Crippen LogP contribution in [0.25, 0.3) is 0 Å². The third-order valence-corrected chi connectivity index (χ3v) is 3.08. The molecular formula is C20H32O4. The van der Waals surface area contributed by atoms with Gasteiger partial charge in [-0.1, -0.05) is 68.3 Å². The summed E-state index contributed by atoms with van der Waals surface area (Å²) < 4.78 is 31.1. The highest BCUT2D eigenvalue weighted by Crippen LogP contribution is 2.03. The minimum Gasteiger partial charge on any atom is -0.481 e. The fourth-order valence-electron chi connectivity index (χ4n) is 1.76. The van der Waals surface area contributed by atoms with E-state index in [0.29, 0.717) is 6.42 Å². The summed E-state index contributed by atoms with van der Waals surface area (Å²) in [5.41, 5.74) is 0. The van der Waals surface area contributed by atoms with Gasteiger partial charge in [0.05, 0.1) is 17.7 Å². The first kappa shape index (κ1) is 15.9. The van der Waals surface area contributed by atoms with Crippen LogP contribution in [0, 0.1) is 0 Å². The molecule has 0 saturated heterocycles. The Labute approximate surface area is 151 Å². The first-order chi connectivity index (χ1) is 13.2. The second-order valence-electron chi connectivity index (χ2n) is 5.42. The van der Waals surface area contributed by atoms with Crippen molar-refractivity contribution in [3.63, 3.8) is 0 Å². The highest BCUT2D eigenvalue weighted by atomic mass is 16.4. The standard InChI is InChI=1S/C20H32O4/c1-2-3-4-5-6-9-13-18(21)14-10-7-8-11-15-19(22)16-12-17-20(23)24/h6-11,14-15,18-19,21-22H,2-5,12-13,16-17H2,1H3,(H,23,24)/b8-7-,9-6-,14-10+,15-11+/t18-,19-/m1/s1/i6D,9D,11D,15D. The summed E-state index contributed by atoms with van der Waals surface area (Å²) in [4.78, 5) is 10.4. The van der Waals surface area contributed by atoms with Crippen LogP contribution in [0.5, 0.6) is 0 Å². The largest absolute Gasteiger partial charge is 0.481 e. The molecule has 0 bridgehead atoms. The zero-order valence-corrected chi connectivity index (χ0v) is 14.4. The number of unbranched alkanes of at least 4 members (excludes halogenated alkanes) is 2. The highest BCUT2D eigenvalue weighted by molar-refractivity contribution is 5.66. The Bertz CT molecular complexity index is 597. The van der Waals surface area contributed by atoms with Gasteiger partial charge in [0.15, 0.2) is 0 Å². The van der Waals surface area contributed by atoms with E-state index < -0.39 is 18.2 Å². The van der Waals surface area contributed by atoms with Gasteiger partial charge in [-0.05, 0) is 32.1 Å². The highest BCUT2D eigenvalue weighted by Gasteiger charge is 2.01. The van der Waals surface area contributed by atoms with E-state index in [4.69, 9.17) is 10.6 Å². The minimum absolute atomic E-state index is 0.0465. The Hall–Kier alpha value is -1.65. The van der Waals surface area contributed by atoms with Gasteiger partial charge in [0, 0.05) is 6.42 Å². The molecule has 2 atom stereocenters. The summed E-state index contributed by atoms with van der Waals surface area (Å²) in [5.74, 6) is -0.971. The van der Waals surface area contributed by atoms with Crippen molar-refractivity contribution < 1.29 is 25.6 Å². The Morgan fingerprint density at radius 2 is 1.88 bits per heavy atom. The molecule has 0 amide bonds. The molecule has 136 valence electrons. The predicted octanol–water partition coefficient (Wildman–Crippen LogP) is 4.16. The fourth-order valence-corrected chi connectivity index (χ4v) is 1.76. The van der Waals surface area contributed by atoms with Crippen LogP contribution in [-0.4, -0.2) is 33.5 Å². The monoisotopic (exact) mass is 340 g/mol. The molecule has 0 aliphatic carbocycles. The molecule has 0 aromatic rings. The van der Waals surface area contributed by atoms with E-state index in [2.05, 4.69) is 6.92 Å². The molecule has 0 aromatic heterocycles. The van der Waals surface area contributed by atoms with Gasteiger partial charge in [-0.3, -0.25) is 4.79 Å². The number of allylic oxidation sites excluding steroid dienone is 5. The van der Waals surface area contributed by atoms with Gasteiger partial charge in [-0.25, -0.2) is 0 Å². The van der Waals surface area contributed by atoms with Crippen LogP contribution in [0.1, 0.15) is 63.8 Å². The molecule has 0 spiro atoms. The average Bonchev–Trinajstić information content (AvgIpc) is 2.63. The number of carboxylic acids is 1. The number of rotatable bonds is 14. The van der Waals surface area contributed by atoms with Crippen LogP contribution in [0.3, 0.4) is 0 Å². The van der Waals surface area contributed by atoms with E-state index in [1.54, 1.807) is 0 Å². The van der Waals surface area contributed by atoms with E-state index in [9.17, 15) is 15.0 Å². The van der Waals surface area contributed by atoms with Crippen LogP contribution in [0.15, 0.2) is 48.5 Å². The Morgan fingerprint density at radius 1 is 1.08 bits per heavy atom. The molecule has 0 radical (unpaired) electrons. The summed E-state index contributed by atoms with van der Waals surface area (Å²) in [5, 5.41) is 28.2. The lowest BCUT2D eigenvalue weighted by Crippen LogP contribution is -2.03. The summed E-state index contributed by atoms with van der Waals surface area (Å²) in [7, 11) is 0. The maximum absolute atomic E-state index is 10.4. The van der Waals surface area contributed by atoms with Gasteiger partial charge in [-0.2, -0.15) is 0 Å². The molecule has 4 nitrogen and oxygen atoms in total. The van der Waals surface area contributed by atoms with Crippen molar-refractivity contribution in [2.45, 2.75) is 70.5 Å². The van der Waals surface area contributed by atoms with Crippen molar-refractivity contribution >= 4 is 5.97 Å². The number of hydrogen-bond acceptors (Lipinski definition) is 3. The first-order valence-corrected chi connectivity index (χ1v) is 8.44. The van der Waals surface area contributed by atoms with Crippen LogP contribution >= 0.6 is 0 Å². The van der Waals surface area contributed by atoms with Crippen molar-refractivity contribution in [2.24, 2.45) is 0 Å². The van der Waals surface area contributed by atoms with Gasteiger partial charge in [0.25, 0.3) is 0 Å². The van der Waals surface area contributed by atoms with Crippen LogP contribution in [0.2, 0.25) is 0 Å². The van der Waals surface area contributed by atoms with E-state index in [1.165, 1.54) is 24.3 Å². The molecule has 24 heavy (non-hydrogen) atoms. The normalized spacial score (nSPS) is 19.1. The molecule has 0 aliphatic rings. The van der Waals surface area contributed by atoms with Crippen molar-refractivity contribution in [1.29, 1.82) is 0 Å². The minimum atomic E-state index is -1.19. The van der Waals surface area contributed by atoms with E-state index >= 15 is 0 Å². The number of carbonyl (C=O) groups is 1. The molecule has 0 rings (SSSR count). The fraction of sp³-hybridized carbons (Fsp3) is 0.550.